The molecule has 0 unspecified atom stereocenters. The van der Waals surface area contributed by atoms with Crippen LogP contribution in [-0.2, 0) is 4.74 Å². The average molecular weight is 269 g/mol. The van der Waals surface area contributed by atoms with Crippen LogP contribution in [0.15, 0.2) is 42.9 Å². The molecule has 3 aromatic rings. The van der Waals surface area contributed by atoms with Crippen LogP contribution in [0.3, 0.4) is 0 Å². The van der Waals surface area contributed by atoms with Crippen LogP contribution in [0.4, 0.5) is 0 Å². The van der Waals surface area contributed by atoms with Gasteiger partial charge in [-0.1, -0.05) is 6.07 Å². The average Bonchev–Trinajstić information content (AvgIpc) is 2.96. The van der Waals surface area contributed by atoms with Crippen LogP contribution >= 0.6 is 0 Å². The van der Waals surface area contributed by atoms with E-state index in [4.69, 9.17) is 4.74 Å². The van der Waals surface area contributed by atoms with E-state index >= 15 is 0 Å². The Morgan fingerprint density at radius 2 is 2.15 bits per heavy atom. The zero-order valence-corrected chi connectivity index (χ0v) is 10.7. The van der Waals surface area contributed by atoms with Crippen molar-refractivity contribution in [2.75, 3.05) is 7.11 Å². The van der Waals surface area contributed by atoms with Gasteiger partial charge >= 0.3 is 5.97 Å². The first-order chi connectivity index (χ1) is 9.78. The third-order valence-corrected chi connectivity index (χ3v) is 2.79. The van der Waals surface area contributed by atoms with E-state index in [0.717, 1.165) is 5.39 Å². The minimum absolute atomic E-state index is 0.412. The first kappa shape index (κ1) is 12.2. The minimum Gasteiger partial charge on any atom is -0.465 e. The van der Waals surface area contributed by atoms with E-state index in [1.807, 2.05) is 6.07 Å². The molecule has 0 saturated carbocycles. The molecule has 0 fully saturated rings. The van der Waals surface area contributed by atoms with E-state index in [1.165, 1.54) is 13.4 Å². The van der Waals surface area contributed by atoms with Gasteiger partial charge in [0.05, 0.1) is 18.1 Å². The van der Waals surface area contributed by atoms with Gasteiger partial charge in [-0.15, -0.1) is 0 Å². The Kier molecular flexibility index (Phi) is 3.04. The molecule has 6 heteroatoms. The van der Waals surface area contributed by atoms with Crippen molar-refractivity contribution >= 4 is 17.0 Å². The minimum atomic E-state index is -0.412. The Labute approximate surface area is 114 Å². The number of benzene rings is 1. The van der Waals surface area contributed by atoms with Gasteiger partial charge in [-0.05, 0) is 24.3 Å². The van der Waals surface area contributed by atoms with Gasteiger partial charge < -0.3 is 14.5 Å². The number of carbonyl (C=O) groups is 1. The monoisotopic (exact) mass is 269 g/mol. The van der Waals surface area contributed by atoms with Crippen LogP contribution in [0.5, 0.6) is 11.6 Å². The maximum absolute atomic E-state index is 11.5. The molecule has 6 nitrogen and oxygen atoms in total. The number of rotatable bonds is 3. The Morgan fingerprint density at radius 3 is 3.00 bits per heavy atom. The molecule has 2 aromatic heterocycles. The van der Waals surface area contributed by atoms with Crippen molar-refractivity contribution < 1.29 is 14.3 Å². The molecule has 0 bridgehead atoms. The molecule has 0 saturated heterocycles. The Bertz CT molecular complexity index is 767. The molecule has 0 amide bonds. The molecule has 0 spiro atoms. The molecule has 20 heavy (non-hydrogen) atoms. The first-order valence-electron chi connectivity index (χ1n) is 5.92. The number of hydrogen-bond acceptors (Lipinski definition) is 5. The standard InChI is InChI=1S/C14H11N3O3/c1-19-14(18)9-3-2-4-10(7-9)20-13-11-5-6-15-12(11)16-8-17-13/h2-8H,1H3,(H,15,16,17). The summed E-state index contributed by atoms with van der Waals surface area (Å²) in [5, 5.41) is 0.774. The number of methoxy groups -OCH3 is 1. The van der Waals surface area contributed by atoms with E-state index in [-0.39, 0.29) is 0 Å². The smallest absolute Gasteiger partial charge is 0.337 e. The largest absolute Gasteiger partial charge is 0.465 e. The van der Waals surface area contributed by atoms with Crippen LogP contribution in [0, 0.1) is 0 Å². The van der Waals surface area contributed by atoms with Crippen molar-refractivity contribution in [1.29, 1.82) is 0 Å². The highest BCUT2D eigenvalue weighted by Gasteiger charge is 2.09. The summed E-state index contributed by atoms with van der Waals surface area (Å²) in [7, 11) is 1.34. The molecule has 0 aliphatic rings. The molecule has 3 rings (SSSR count). The molecule has 2 heterocycles. The zero-order chi connectivity index (χ0) is 13.9. The van der Waals surface area contributed by atoms with Gasteiger partial charge in [0.25, 0.3) is 0 Å². The summed E-state index contributed by atoms with van der Waals surface area (Å²) in [4.78, 5) is 22.6. The fraction of sp³-hybridized carbons (Fsp3) is 0.0714. The number of nitrogens with zero attached hydrogens (tertiary/aromatic N) is 2. The Balaban J connectivity index is 1.95. The van der Waals surface area contributed by atoms with E-state index in [1.54, 1.807) is 30.5 Å². The number of fused-ring (bicyclic) bond motifs is 1. The van der Waals surface area contributed by atoms with Gasteiger partial charge in [0.15, 0.2) is 0 Å². The SMILES string of the molecule is COC(=O)c1cccc(Oc2ncnc3[nH]ccc23)c1. The normalized spacial score (nSPS) is 10.4. The summed E-state index contributed by atoms with van der Waals surface area (Å²) < 4.78 is 10.4. The quantitative estimate of drug-likeness (QED) is 0.739. The summed E-state index contributed by atoms with van der Waals surface area (Å²) in [6.07, 6.45) is 3.18. The van der Waals surface area contributed by atoms with Gasteiger partial charge in [0, 0.05) is 6.20 Å². The molecule has 100 valence electrons. The Morgan fingerprint density at radius 1 is 1.25 bits per heavy atom. The van der Waals surface area contributed by atoms with Crippen molar-refractivity contribution in [2.24, 2.45) is 0 Å². The maximum atomic E-state index is 11.5. The lowest BCUT2D eigenvalue weighted by molar-refractivity contribution is 0.0600. The van der Waals surface area contributed by atoms with E-state index in [0.29, 0.717) is 22.8 Å². The lowest BCUT2D eigenvalue weighted by Crippen LogP contribution is -2.01. The fourth-order valence-corrected chi connectivity index (χ4v) is 1.85. The predicted octanol–water partition coefficient (Wildman–Crippen LogP) is 2.54. The molecule has 0 aliphatic carbocycles. The summed E-state index contributed by atoms with van der Waals surface area (Å²) in [6, 6.07) is 8.55. The van der Waals surface area contributed by atoms with Crippen LogP contribution < -0.4 is 4.74 Å². The van der Waals surface area contributed by atoms with Crippen LogP contribution in [0.2, 0.25) is 0 Å². The van der Waals surface area contributed by atoms with Crippen molar-refractivity contribution in [1.82, 2.24) is 15.0 Å². The van der Waals surface area contributed by atoms with Crippen LogP contribution in [-0.4, -0.2) is 28.0 Å². The third-order valence-electron chi connectivity index (χ3n) is 2.79. The van der Waals surface area contributed by atoms with Gasteiger partial charge in [0.2, 0.25) is 5.88 Å². The third kappa shape index (κ3) is 2.18. The highest BCUT2D eigenvalue weighted by molar-refractivity contribution is 5.89. The van der Waals surface area contributed by atoms with Gasteiger partial charge in [-0.25, -0.2) is 14.8 Å². The second kappa shape index (κ2) is 5.00. The Hall–Kier alpha value is -2.89. The lowest BCUT2D eigenvalue weighted by Gasteiger charge is -2.06. The number of carbonyl (C=O) groups excluding carboxylic acids is 1. The van der Waals surface area contributed by atoms with Crippen molar-refractivity contribution in [2.45, 2.75) is 0 Å². The summed E-state index contributed by atoms with van der Waals surface area (Å²) in [5.41, 5.74) is 1.11. The second-order valence-corrected chi connectivity index (χ2v) is 4.04. The lowest BCUT2D eigenvalue weighted by atomic mass is 10.2. The summed E-state index contributed by atoms with van der Waals surface area (Å²) in [5.74, 6) is 0.525. The number of hydrogen-bond donors (Lipinski definition) is 1. The molecule has 1 aromatic carbocycles. The van der Waals surface area contributed by atoms with E-state index < -0.39 is 5.97 Å². The molecular weight excluding hydrogens is 258 g/mol. The highest BCUT2D eigenvalue weighted by atomic mass is 16.5. The molecule has 0 atom stereocenters. The van der Waals surface area contributed by atoms with Crippen molar-refractivity contribution in [3.63, 3.8) is 0 Å². The molecule has 1 N–H and O–H groups in total. The fourth-order valence-electron chi connectivity index (χ4n) is 1.85. The van der Waals surface area contributed by atoms with Gasteiger partial charge in [-0.2, -0.15) is 0 Å². The van der Waals surface area contributed by atoms with E-state index in [2.05, 4.69) is 19.7 Å². The van der Waals surface area contributed by atoms with E-state index in [9.17, 15) is 4.79 Å². The van der Waals surface area contributed by atoms with Gasteiger partial charge in [-0.3, -0.25) is 0 Å². The van der Waals surface area contributed by atoms with Crippen molar-refractivity contribution in [3.05, 3.63) is 48.4 Å². The first-order valence-corrected chi connectivity index (χ1v) is 5.92. The van der Waals surface area contributed by atoms with Crippen molar-refractivity contribution in [3.8, 4) is 11.6 Å². The number of aromatic nitrogens is 3. The van der Waals surface area contributed by atoms with Crippen LogP contribution in [0.25, 0.3) is 11.0 Å². The topological polar surface area (TPSA) is 77.1 Å². The summed E-state index contributed by atoms with van der Waals surface area (Å²) >= 11 is 0. The number of nitrogens with one attached hydrogen (secondary N) is 1. The summed E-state index contributed by atoms with van der Waals surface area (Å²) in [6.45, 7) is 0. The molecule has 0 aliphatic heterocycles. The number of esters is 1. The highest BCUT2D eigenvalue weighted by Crippen LogP contribution is 2.26. The number of aromatic amines is 1. The molecule has 0 radical (unpaired) electrons. The van der Waals surface area contributed by atoms with Gasteiger partial charge in [0.1, 0.15) is 17.7 Å². The number of H-pyrrole nitrogens is 1. The zero-order valence-electron chi connectivity index (χ0n) is 10.7. The maximum Gasteiger partial charge on any atom is 0.337 e. The predicted molar refractivity (Wildman–Crippen MR) is 71.7 cm³/mol. The number of ether oxygens (including phenoxy) is 2. The molecular formula is C14H11N3O3. The second-order valence-electron chi connectivity index (χ2n) is 4.04. The van der Waals surface area contributed by atoms with Crippen LogP contribution in [0.1, 0.15) is 10.4 Å².